The molecule has 0 saturated carbocycles. The van der Waals surface area contributed by atoms with E-state index in [1.165, 1.54) is 11.3 Å². The number of benzene rings is 2. The van der Waals surface area contributed by atoms with Crippen LogP contribution in [-0.4, -0.2) is 16.9 Å². The topological polar surface area (TPSA) is 83.1 Å². The highest BCUT2D eigenvalue weighted by Gasteiger charge is 2.14. The number of thiazole rings is 1. The van der Waals surface area contributed by atoms with Crippen molar-refractivity contribution in [3.8, 4) is 0 Å². The van der Waals surface area contributed by atoms with Crippen LogP contribution in [0.4, 0.5) is 21.3 Å². The summed E-state index contributed by atoms with van der Waals surface area (Å²) in [5.41, 5.74) is 3.50. The van der Waals surface area contributed by atoms with Crippen molar-refractivity contribution in [1.29, 1.82) is 0 Å². The standard InChI is InChI=1S/C19H17ClN4O2S/c1-11-5-3-6-12(2)16(11)23-17(25)15-10-27-19(22-15)24-18(26)21-14-8-4-7-13(20)9-14/h3-10H,1-2H3,(H,23,25)(H2,21,22,24,26). The van der Waals surface area contributed by atoms with Gasteiger partial charge in [0.2, 0.25) is 0 Å². The van der Waals surface area contributed by atoms with Gasteiger partial charge in [-0.05, 0) is 43.2 Å². The summed E-state index contributed by atoms with van der Waals surface area (Å²) in [4.78, 5) is 28.7. The van der Waals surface area contributed by atoms with Crippen LogP contribution in [0.1, 0.15) is 21.6 Å². The monoisotopic (exact) mass is 400 g/mol. The minimum absolute atomic E-state index is 0.237. The SMILES string of the molecule is Cc1cccc(C)c1NC(=O)c1csc(NC(=O)Nc2cccc(Cl)c2)n1. The van der Waals surface area contributed by atoms with Gasteiger partial charge in [0.1, 0.15) is 5.69 Å². The highest BCUT2D eigenvalue weighted by atomic mass is 35.5. The molecule has 0 fully saturated rings. The average molecular weight is 401 g/mol. The lowest BCUT2D eigenvalue weighted by Crippen LogP contribution is -2.19. The summed E-state index contributed by atoms with van der Waals surface area (Å²) in [5.74, 6) is -0.327. The zero-order chi connectivity index (χ0) is 19.4. The lowest BCUT2D eigenvalue weighted by atomic mass is 10.1. The Balaban J connectivity index is 1.64. The number of nitrogens with one attached hydrogen (secondary N) is 3. The maximum absolute atomic E-state index is 12.4. The molecule has 0 aliphatic carbocycles. The zero-order valence-electron chi connectivity index (χ0n) is 14.7. The molecule has 3 aromatic rings. The summed E-state index contributed by atoms with van der Waals surface area (Å²) in [6, 6.07) is 12.1. The van der Waals surface area contributed by atoms with Gasteiger partial charge in [0.05, 0.1) is 0 Å². The molecule has 0 atom stereocenters. The van der Waals surface area contributed by atoms with E-state index < -0.39 is 6.03 Å². The number of amides is 3. The van der Waals surface area contributed by atoms with E-state index in [0.717, 1.165) is 16.8 Å². The molecular weight excluding hydrogens is 384 g/mol. The first-order valence-electron chi connectivity index (χ1n) is 8.09. The molecule has 0 bridgehead atoms. The quantitative estimate of drug-likeness (QED) is 0.555. The Morgan fingerprint density at radius 3 is 2.41 bits per heavy atom. The molecule has 0 spiro atoms. The van der Waals surface area contributed by atoms with Crippen molar-refractivity contribution in [3.05, 3.63) is 69.7 Å². The third-order valence-corrected chi connectivity index (χ3v) is 4.75. The maximum Gasteiger partial charge on any atom is 0.325 e. The van der Waals surface area contributed by atoms with Crippen LogP contribution < -0.4 is 16.0 Å². The van der Waals surface area contributed by atoms with Crippen LogP contribution in [0.15, 0.2) is 47.8 Å². The molecule has 6 nitrogen and oxygen atoms in total. The molecule has 0 radical (unpaired) electrons. The van der Waals surface area contributed by atoms with Crippen LogP contribution in [0.2, 0.25) is 5.02 Å². The summed E-state index contributed by atoms with van der Waals surface area (Å²) in [7, 11) is 0. The van der Waals surface area contributed by atoms with E-state index in [0.29, 0.717) is 15.8 Å². The van der Waals surface area contributed by atoms with Gasteiger partial charge in [-0.2, -0.15) is 0 Å². The lowest BCUT2D eigenvalue weighted by Gasteiger charge is -2.10. The Labute approximate surface area is 165 Å². The van der Waals surface area contributed by atoms with E-state index >= 15 is 0 Å². The third-order valence-electron chi connectivity index (χ3n) is 3.76. The van der Waals surface area contributed by atoms with Crippen LogP contribution >= 0.6 is 22.9 Å². The number of halogens is 1. The number of aryl methyl sites for hydroxylation is 2. The molecule has 2 aromatic carbocycles. The Kier molecular flexibility index (Phi) is 5.73. The molecule has 0 unspecified atom stereocenters. The Bertz CT molecular complexity index is 983. The van der Waals surface area contributed by atoms with Gasteiger partial charge in [-0.3, -0.25) is 10.1 Å². The predicted octanol–water partition coefficient (Wildman–Crippen LogP) is 5.31. The fraction of sp³-hybridized carbons (Fsp3) is 0.105. The first-order chi connectivity index (χ1) is 12.9. The molecule has 138 valence electrons. The van der Waals surface area contributed by atoms with E-state index in [2.05, 4.69) is 20.9 Å². The van der Waals surface area contributed by atoms with E-state index in [9.17, 15) is 9.59 Å². The van der Waals surface area contributed by atoms with Crippen LogP contribution in [-0.2, 0) is 0 Å². The molecule has 3 N–H and O–H groups in total. The molecule has 1 heterocycles. The highest BCUT2D eigenvalue weighted by molar-refractivity contribution is 7.14. The number of aromatic nitrogens is 1. The summed E-state index contributed by atoms with van der Waals surface area (Å²) >= 11 is 7.06. The molecule has 3 rings (SSSR count). The number of para-hydroxylation sites is 1. The van der Waals surface area contributed by atoms with Crippen LogP contribution in [0.5, 0.6) is 0 Å². The van der Waals surface area contributed by atoms with Gasteiger partial charge in [-0.1, -0.05) is 35.9 Å². The van der Waals surface area contributed by atoms with Crippen LogP contribution in [0, 0.1) is 13.8 Å². The predicted molar refractivity (Wildman–Crippen MR) is 110 cm³/mol. The Morgan fingerprint density at radius 2 is 1.70 bits per heavy atom. The second-order valence-corrected chi connectivity index (χ2v) is 7.14. The summed E-state index contributed by atoms with van der Waals surface area (Å²) in [6.07, 6.45) is 0. The van der Waals surface area contributed by atoms with Crippen molar-refractivity contribution < 1.29 is 9.59 Å². The van der Waals surface area contributed by atoms with Crippen molar-refractivity contribution in [3.63, 3.8) is 0 Å². The first kappa shape index (κ1) is 18.9. The number of carbonyl (C=O) groups is 2. The largest absolute Gasteiger partial charge is 0.325 e. The van der Waals surface area contributed by atoms with Crippen molar-refractivity contribution in [2.24, 2.45) is 0 Å². The van der Waals surface area contributed by atoms with E-state index in [-0.39, 0.29) is 11.6 Å². The van der Waals surface area contributed by atoms with Crippen molar-refractivity contribution >= 4 is 51.4 Å². The molecule has 3 amide bonds. The van der Waals surface area contributed by atoms with Crippen molar-refractivity contribution in [2.75, 3.05) is 16.0 Å². The number of anilines is 3. The molecular formula is C19H17ClN4O2S. The minimum Gasteiger partial charge on any atom is -0.320 e. The molecule has 0 aliphatic rings. The number of carbonyl (C=O) groups excluding carboxylic acids is 2. The maximum atomic E-state index is 12.4. The van der Waals surface area contributed by atoms with E-state index in [1.54, 1.807) is 29.6 Å². The second kappa shape index (κ2) is 8.20. The molecule has 8 heteroatoms. The van der Waals surface area contributed by atoms with Gasteiger partial charge in [0.25, 0.3) is 5.91 Å². The Morgan fingerprint density at radius 1 is 1.00 bits per heavy atom. The van der Waals surface area contributed by atoms with Gasteiger partial charge >= 0.3 is 6.03 Å². The van der Waals surface area contributed by atoms with Gasteiger partial charge in [-0.15, -0.1) is 11.3 Å². The molecule has 1 aromatic heterocycles. The number of nitrogens with zero attached hydrogens (tertiary/aromatic N) is 1. The smallest absolute Gasteiger partial charge is 0.320 e. The molecule has 0 aliphatic heterocycles. The minimum atomic E-state index is -0.465. The van der Waals surface area contributed by atoms with E-state index in [4.69, 9.17) is 11.6 Å². The Hall–Kier alpha value is -2.90. The fourth-order valence-corrected chi connectivity index (χ4v) is 3.33. The van der Waals surface area contributed by atoms with Gasteiger partial charge in [0.15, 0.2) is 5.13 Å². The zero-order valence-corrected chi connectivity index (χ0v) is 16.2. The van der Waals surface area contributed by atoms with Crippen molar-refractivity contribution in [2.45, 2.75) is 13.8 Å². The summed E-state index contributed by atoms with van der Waals surface area (Å²) < 4.78 is 0. The number of urea groups is 1. The summed E-state index contributed by atoms with van der Waals surface area (Å²) in [6.45, 7) is 3.85. The van der Waals surface area contributed by atoms with Gasteiger partial charge in [0, 0.05) is 21.8 Å². The second-order valence-electron chi connectivity index (χ2n) is 5.85. The molecule has 27 heavy (non-hydrogen) atoms. The number of rotatable bonds is 4. The summed E-state index contributed by atoms with van der Waals surface area (Å²) in [5, 5.41) is 10.6. The van der Waals surface area contributed by atoms with Crippen LogP contribution in [0.3, 0.4) is 0 Å². The van der Waals surface area contributed by atoms with Crippen molar-refractivity contribution in [1.82, 2.24) is 4.98 Å². The third kappa shape index (κ3) is 4.84. The first-order valence-corrected chi connectivity index (χ1v) is 9.35. The molecule has 0 saturated heterocycles. The highest BCUT2D eigenvalue weighted by Crippen LogP contribution is 2.22. The number of hydrogen-bond acceptors (Lipinski definition) is 4. The van der Waals surface area contributed by atoms with Gasteiger partial charge in [-0.25, -0.2) is 9.78 Å². The van der Waals surface area contributed by atoms with E-state index in [1.807, 2.05) is 32.0 Å². The fourth-order valence-electron chi connectivity index (χ4n) is 2.45. The normalized spacial score (nSPS) is 10.3. The van der Waals surface area contributed by atoms with Gasteiger partial charge < -0.3 is 10.6 Å². The number of hydrogen-bond donors (Lipinski definition) is 3. The average Bonchev–Trinajstić information content (AvgIpc) is 3.06. The van der Waals surface area contributed by atoms with Crippen LogP contribution in [0.25, 0.3) is 0 Å². The lowest BCUT2D eigenvalue weighted by molar-refractivity contribution is 0.102.